The van der Waals surface area contributed by atoms with Crippen LogP contribution in [0.4, 0.5) is 5.69 Å². The minimum absolute atomic E-state index is 0.0918. The topological polar surface area (TPSA) is 90.8 Å². The molecule has 0 fully saturated rings. The average Bonchev–Trinajstić information content (AvgIpc) is 2.55. The summed E-state index contributed by atoms with van der Waals surface area (Å²) in [5.74, 6) is -1.57. The molecule has 6 heteroatoms. The van der Waals surface area contributed by atoms with E-state index in [0.717, 1.165) is 12.0 Å². The molecular formula is C17H17N3O3. The summed E-state index contributed by atoms with van der Waals surface area (Å²) in [6, 6.07) is 13.6. The molecule has 0 heterocycles. The highest BCUT2D eigenvalue weighted by molar-refractivity contribution is 6.39. The van der Waals surface area contributed by atoms with Crippen LogP contribution >= 0.6 is 0 Å². The van der Waals surface area contributed by atoms with Crippen molar-refractivity contribution >= 4 is 23.7 Å². The number of rotatable bonds is 4. The number of hydrogen-bond acceptors (Lipinski definition) is 4. The van der Waals surface area contributed by atoms with Gasteiger partial charge in [-0.15, -0.1) is 0 Å². The van der Waals surface area contributed by atoms with Gasteiger partial charge in [0.15, 0.2) is 0 Å². The number of carbonyl (C=O) groups excluding carboxylic acids is 2. The second-order valence-electron chi connectivity index (χ2n) is 4.76. The molecule has 2 amide bonds. The SMILES string of the molecule is CCc1ccccc1NC(=O)C(=O)N/N=C\c1cccc(O)c1. The Bertz CT molecular complexity index is 741. The normalized spacial score (nSPS) is 10.5. The maximum atomic E-state index is 11.8. The summed E-state index contributed by atoms with van der Waals surface area (Å²) in [4.78, 5) is 23.6. The van der Waals surface area contributed by atoms with Crippen molar-refractivity contribution in [3.05, 3.63) is 59.7 Å². The lowest BCUT2D eigenvalue weighted by Gasteiger charge is -2.08. The Hall–Kier alpha value is -3.15. The molecule has 0 aliphatic rings. The van der Waals surface area contributed by atoms with Crippen molar-refractivity contribution in [1.82, 2.24) is 5.43 Å². The van der Waals surface area contributed by atoms with Gasteiger partial charge < -0.3 is 10.4 Å². The number of anilines is 1. The number of amides is 2. The molecule has 0 spiro atoms. The number of benzene rings is 2. The van der Waals surface area contributed by atoms with Crippen molar-refractivity contribution in [3.63, 3.8) is 0 Å². The Labute approximate surface area is 133 Å². The molecule has 3 N–H and O–H groups in total. The number of phenols is 1. The molecule has 2 aromatic rings. The fraction of sp³-hybridized carbons (Fsp3) is 0.118. The van der Waals surface area contributed by atoms with Crippen LogP contribution in [-0.2, 0) is 16.0 Å². The fourth-order valence-electron chi connectivity index (χ4n) is 1.95. The summed E-state index contributed by atoms with van der Waals surface area (Å²) in [5.41, 5.74) is 4.29. The van der Waals surface area contributed by atoms with Crippen LogP contribution in [-0.4, -0.2) is 23.1 Å². The van der Waals surface area contributed by atoms with Gasteiger partial charge in [-0.1, -0.05) is 37.3 Å². The van der Waals surface area contributed by atoms with Crippen LogP contribution < -0.4 is 10.7 Å². The van der Waals surface area contributed by atoms with E-state index in [9.17, 15) is 14.7 Å². The number of nitrogens with zero attached hydrogens (tertiary/aromatic N) is 1. The molecule has 0 atom stereocenters. The van der Waals surface area contributed by atoms with Gasteiger partial charge >= 0.3 is 11.8 Å². The first-order chi connectivity index (χ1) is 11.1. The van der Waals surface area contributed by atoms with Gasteiger partial charge in [-0.05, 0) is 35.7 Å². The lowest BCUT2D eigenvalue weighted by Crippen LogP contribution is -2.32. The molecule has 0 aliphatic carbocycles. The van der Waals surface area contributed by atoms with E-state index in [0.29, 0.717) is 11.3 Å². The van der Waals surface area contributed by atoms with Gasteiger partial charge in [-0.25, -0.2) is 5.43 Å². The molecule has 0 bridgehead atoms. The third-order valence-electron chi connectivity index (χ3n) is 3.10. The van der Waals surface area contributed by atoms with Gasteiger partial charge in [0, 0.05) is 5.69 Å². The van der Waals surface area contributed by atoms with Crippen molar-refractivity contribution in [1.29, 1.82) is 0 Å². The highest BCUT2D eigenvalue weighted by atomic mass is 16.3. The number of hydrazone groups is 1. The molecule has 0 unspecified atom stereocenters. The van der Waals surface area contributed by atoms with Crippen molar-refractivity contribution in [2.45, 2.75) is 13.3 Å². The summed E-state index contributed by atoms with van der Waals surface area (Å²) in [6.45, 7) is 1.96. The van der Waals surface area contributed by atoms with Crippen molar-refractivity contribution in [2.24, 2.45) is 5.10 Å². The van der Waals surface area contributed by atoms with Crippen LogP contribution in [0, 0.1) is 0 Å². The minimum atomic E-state index is -0.868. The quantitative estimate of drug-likeness (QED) is 0.458. The summed E-state index contributed by atoms with van der Waals surface area (Å²) < 4.78 is 0. The Morgan fingerprint density at radius 3 is 2.65 bits per heavy atom. The van der Waals surface area contributed by atoms with Gasteiger partial charge in [-0.2, -0.15) is 5.10 Å². The summed E-state index contributed by atoms with van der Waals surface area (Å²) in [5, 5.41) is 15.6. The summed E-state index contributed by atoms with van der Waals surface area (Å²) in [6.07, 6.45) is 2.08. The average molecular weight is 311 g/mol. The first-order valence-electron chi connectivity index (χ1n) is 7.11. The molecule has 23 heavy (non-hydrogen) atoms. The Balaban J connectivity index is 1.94. The largest absolute Gasteiger partial charge is 0.508 e. The molecule has 0 radical (unpaired) electrons. The number of nitrogens with one attached hydrogen (secondary N) is 2. The fourth-order valence-corrected chi connectivity index (χ4v) is 1.95. The summed E-state index contributed by atoms with van der Waals surface area (Å²) in [7, 11) is 0. The molecule has 0 aliphatic heterocycles. The molecule has 0 aromatic heterocycles. The number of para-hydroxylation sites is 1. The number of phenolic OH excluding ortho intramolecular Hbond substituents is 1. The standard InChI is InChI=1S/C17H17N3O3/c1-2-13-7-3-4-9-15(13)19-16(22)17(23)20-18-11-12-6-5-8-14(21)10-12/h3-11,21H,2H2,1H3,(H,19,22)(H,20,23)/b18-11-. The van der Waals surface area contributed by atoms with E-state index in [1.54, 1.807) is 24.3 Å². The molecule has 0 saturated carbocycles. The van der Waals surface area contributed by atoms with Crippen molar-refractivity contribution in [3.8, 4) is 5.75 Å². The van der Waals surface area contributed by atoms with Crippen LogP contribution in [0.15, 0.2) is 53.6 Å². The van der Waals surface area contributed by atoms with E-state index >= 15 is 0 Å². The van der Waals surface area contributed by atoms with Gasteiger partial charge in [-0.3, -0.25) is 9.59 Å². The highest BCUT2D eigenvalue weighted by Gasteiger charge is 2.14. The number of carbonyl (C=O) groups is 2. The zero-order valence-corrected chi connectivity index (χ0v) is 12.6. The Kier molecular flexibility index (Phi) is 5.46. The van der Waals surface area contributed by atoms with Gasteiger partial charge in [0.2, 0.25) is 0 Å². The lowest BCUT2D eigenvalue weighted by molar-refractivity contribution is -0.136. The van der Waals surface area contributed by atoms with Gasteiger partial charge in [0.05, 0.1) is 6.21 Å². The van der Waals surface area contributed by atoms with Crippen LogP contribution in [0.5, 0.6) is 5.75 Å². The molecule has 2 rings (SSSR count). The second-order valence-corrected chi connectivity index (χ2v) is 4.76. The van der Waals surface area contributed by atoms with E-state index < -0.39 is 11.8 Å². The van der Waals surface area contributed by atoms with Crippen LogP contribution in [0.25, 0.3) is 0 Å². The smallest absolute Gasteiger partial charge is 0.329 e. The molecule has 0 saturated heterocycles. The van der Waals surface area contributed by atoms with Crippen molar-refractivity contribution < 1.29 is 14.7 Å². The Morgan fingerprint density at radius 2 is 1.91 bits per heavy atom. The molecule has 118 valence electrons. The predicted octanol–water partition coefficient (Wildman–Crippen LogP) is 2.04. The number of aryl methyl sites for hydroxylation is 1. The monoisotopic (exact) mass is 311 g/mol. The zero-order chi connectivity index (χ0) is 16.7. The van der Waals surface area contributed by atoms with E-state index in [1.165, 1.54) is 18.3 Å². The third kappa shape index (κ3) is 4.67. The zero-order valence-electron chi connectivity index (χ0n) is 12.6. The first kappa shape index (κ1) is 16.2. The van der Waals surface area contributed by atoms with Crippen molar-refractivity contribution in [2.75, 3.05) is 5.32 Å². The van der Waals surface area contributed by atoms with Gasteiger partial charge in [0.25, 0.3) is 0 Å². The molecular weight excluding hydrogens is 294 g/mol. The second kappa shape index (κ2) is 7.74. The highest BCUT2D eigenvalue weighted by Crippen LogP contribution is 2.15. The molecule has 6 nitrogen and oxygen atoms in total. The van der Waals surface area contributed by atoms with E-state index in [1.807, 2.05) is 19.1 Å². The number of hydrogen-bond donors (Lipinski definition) is 3. The Morgan fingerprint density at radius 1 is 1.13 bits per heavy atom. The van der Waals surface area contributed by atoms with E-state index in [2.05, 4.69) is 15.8 Å². The third-order valence-corrected chi connectivity index (χ3v) is 3.10. The maximum Gasteiger partial charge on any atom is 0.329 e. The van der Waals surface area contributed by atoms with Crippen LogP contribution in [0.1, 0.15) is 18.1 Å². The summed E-state index contributed by atoms with van der Waals surface area (Å²) >= 11 is 0. The van der Waals surface area contributed by atoms with E-state index in [-0.39, 0.29) is 5.75 Å². The maximum absolute atomic E-state index is 11.8. The van der Waals surface area contributed by atoms with Crippen LogP contribution in [0.2, 0.25) is 0 Å². The predicted molar refractivity (Wildman–Crippen MR) is 88.3 cm³/mol. The minimum Gasteiger partial charge on any atom is -0.508 e. The lowest BCUT2D eigenvalue weighted by atomic mass is 10.1. The van der Waals surface area contributed by atoms with Crippen LogP contribution in [0.3, 0.4) is 0 Å². The number of aromatic hydroxyl groups is 1. The van der Waals surface area contributed by atoms with E-state index in [4.69, 9.17) is 0 Å². The molecule has 2 aromatic carbocycles. The van der Waals surface area contributed by atoms with Gasteiger partial charge in [0.1, 0.15) is 5.75 Å². The first-order valence-corrected chi connectivity index (χ1v) is 7.11.